The fourth-order valence-electron chi connectivity index (χ4n) is 4.74. The number of amides is 1. The molecule has 0 radical (unpaired) electrons. The van der Waals surface area contributed by atoms with Crippen molar-refractivity contribution in [2.24, 2.45) is 0 Å². The third-order valence-electron chi connectivity index (χ3n) is 7.18. The number of carbonyl (C=O) groups excluding carboxylic acids is 1. The molecule has 1 fully saturated rings. The molecule has 12 nitrogen and oxygen atoms in total. The summed E-state index contributed by atoms with van der Waals surface area (Å²) in [5, 5.41) is 35.1. The summed E-state index contributed by atoms with van der Waals surface area (Å²) in [4.78, 5) is 25.9. The minimum Gasteiger partial charge on any atom is -0.384 e. The molecule has 1 saturated heterocycles. The van der Waals surface area contributed by atoms with Crippen LogP contribution in [0.3, 0.4) is 0 Å². The molecule has 0 saturated carbocycles. The normalized spacial score (nSPS) is 13.5. The highest BCUT2D eigenvalue weighted by molar-refractivity contribution is 9.10. The van der Waals surface area contributed by atoms with Crippen molar-refractivity contribution >= 4 is 71.6 Å². The molecule has 0 aliphatic carbocycles. The van der Waals surface area contributed by atoms with Crippen LogP contribution in [-0.4, -0.2) is 51.6 Å². The van der Waals surface area contributed by atoms with E-state index in [4.69, 9.17) is 32.0 Å². The largest absolute Gasteiger partial charge is 0.384 e. The second kappa shape index (κ2) is 15.3. The summed E-state index contributed by atoms with van der Waals surface area (Å²) in [6.07, 6.45) is 6.42. The van der Waals surface area contributed by atoms with Crippen molar-refractivity contribution in [2.75, 3.05) is 36.5 Å². The second-order valence-corrected chi connectivity index (χ2v) is 11.4. The summed E-state index contributed by atoms with van der Waals surface area (Å²) in [6.45, 7) is 1.06. The number of fused-ring (bicyclic) bond motifs is 3. The van der Waals surface area contributed by atoms with E-state index >= 15 is 0 Å². The van der Waals surface area contributed by atoms with Gasteiger partial charge in [0.2, 0.25) is 0 Å². The molecule has 6 aromatic rings. The van der Waals surface area contributed by atoms with E-state index in [0.717, 1.165) is 36.8 Å². The fraction of sp³-hybridized carbons (Fsp3) is 0.114. The van der Waals surface area contributed by atoms with E-state index in [1.807, 2.05) is 42.6 Å². The van der Waals surface area contributed by atoms with Crippen molar-refractivity contribution in [1.29, 1.82) is 15.8 Å². The van der Waals surface area contributed by atoms with Gasteiger partial charge in [-0.2, -0.15) is 15.8 Å². The molecule has 1 aliphatic heterocycles. The Morgan fingerprint density at radius 3 is 1.90 bits per heavy atom. The summed E-state index contributed by atoms with van der Waals surface area (Å²) < 4.78 is 6.45. The zero-order valence-corrected chi connectivity index (χ0v) is 26.9. The van der Waals surface area contributed by atoms with Crippen molar-refractivity contribution in [3.63, 3.8) is 0 Å². The Balaban J connectivity index is 0.000000153. The van der Waals surface area contributed by atoms with Gasteiger partial charge in [0.1, 0.15) is 17.5 Å². The molecule has 1 atom stereocenters. The molecular formula is C35H27BrN10O2. The Morgan fingerprint density at radius 1 is 0.771 bits per heavy atom. The lowest BCUT2D eigenvalue weighted by molar-refractivity contribution is -0.131. The van der Waals surface area contributed by atoms with E-state index in [-0.39, 0.29) is 12.5 Å². The third kappa shape index (κ3) is 8.47. The number of nitrogens with two attached hydrogens (primary N) is 2. The van der Waals surface area contributed by atoms with Gasteiger partial charge in [-0.15, -0.1) is 0 Å². The molecule has 48 heavy (non-hydrogen) atoms. The highest BCUT2D eigenvalue weighted by Gasteiger charge is 2.26. The number of nitrogen functional groups attached to an aromatic ring is 2. The Labute approximate surface area is 283 Å². The zero-order valence-electron chi connectivity index (χ0n) is 25.3. The second-order valence-electron chi connectivity index (χ2n) is 10.5. The number of ether oxygens (including phenoxy) is 1. The standard InChI is InChI=1S/C16H13N5O2.C10H7N3.C9H7BrN2/c17-7-11-1-2-12-8-19-15(6-13(12)5-11)20-16(22)14-9-21(10-18)3-4-23-14;11-5-7-1-2-8-6-13-10(12)4-9(8)3-7;10-8-2-1-6-5-12-9(11)4-7(6)3-8/h1-2,5-6,8,14H,3-4,9H2,(H,19,20,22);1-4,6H,(H2,12,13);1-5H,(H2,11,12)/t14-;;/m1../s1. The Bertz CT molecular complexity index is 2220. The molecule has 0 spiro atoms. The summed E-state index contributed by atoms with van der Waals surface area (Å²) in [5.41, 5.74) is 12.2. The van der Waals surface area contributed by atoms with Gasteiger partial charge >= 0.3 is 0 Å². The molecule has 5 N–H and O–H groups in total. The minimum atomic E-state index is -0.702. The van der Waals surface area contributed by atoms with Crippen LogP contribution >= 0.6 is 15.9 Å². The quantitative estimate of drug-likeness (QED) is 0.193. The highest BCUT2D eigenvalue weighted by Crippen LogP contribution is 2.21. The topological polar surface area (TPSA) is 204 Å². The number of nitrogens with zero attached hydrogens (tertiary/aromatic N) is 7. The summed E-state index contributed by atoms with van der Waals surface area (Å²) in [7, 11) is 0. The number of hydrogen-bond acceptors (Lipinski definition) is 11. The Morgan fingerprint density at radius 2 is 1.31 bits per heavy atom. The first kappa shape index (κ1) is 33.0. The number of anilines is 3. The number of nitriles is 3. The van der Waals surface area contributed by atoms with Gasteiger partial charge in [0.25, 0.3) is 5.91 Å². The Kier molecular flexibility index (Phi) is 10.5. The van der Waals surface area contributed by atoms with Gasteiger partial charge in [-0.25, -0.2) is 15.0 Å². The first-order valence-corrected chi connectivity index (χ1v) is 15.3. The summed E-state index contributed by atoms with van der Waals surface area (Å²) >= 11 is 3.40. The van der Waals surface area contributed by atoms with Crippen molar-refractivity contribution in [2.45, 2.75) is 6.10 Å². The van der Waals surface area contributed by atoms with Gasteiger partial charge in [-0.3, -0.25) is 4.79 Å². The first-order valence-electron chi connectivity index (χ1n) is 14.5. The maximum Gasteiger partial charge on any atom is 0.256 e. The highest BCUT2D eigenvalue weighted by atomic mass is 79.9. The van der Waals surface area contributed by atoms with Crippen LogP contribution in [0, 0.1) is 34.1 Å². The fourth-order valence-corrected chi connectivity index (χ4v) is 5.12. The summed E-state index contributed by atoms with van der Waals surface area (Å²) in [5.74, 6) is 1.08. The van der Waals surface area contributed by atoms with Crippen LogP contribution in [0.4, 0.5) is 17.5 Å². The molecule has 236 valence electrons. The smallest absolute Gasteiger partial charge is 0.256 e. The molecular weight excluding hydrogens is 672 g/mol. The van der Waals surface area contributed by atoms with Gasteiger partial charge in [-0.1, -0.05) is 34.1 Å². The van der Waals surface area contributed by atoms with E-state index in [1.165, 1.54) is 4.90 Å². The number of morpholine rings is 1. The van der Waals surface area contributed by atoms with Crippen LogP contribution in [-0.2, 0) is 9.53 Å². The van der Waals surface area contributed by atoms with Crippen LogP contribution in [0.1, 0.15) is 11.1 Å². The molecule has 13 heteroatoms. The molecule has 7 rings (SSSR count). The van der Waals surface area contributed by atoms with Crippen molar-refractivity contribution in [3.8, 4) is 18.3 Å². The van der Waals surface area contributed by atoms with Gasteiger partial charge in [0.05, 0.1) is 43.0 Å². The maximum absolute atomic E-state index is 12.2. The lowest BCUT2D eigenvalue weighted by Gasteiger charge is -2.28. The first-order chi connectivity index (χ1) is 23.2. The average molecular weight is 700 g/mol. The molecule has 4 heterocycles. The molecule has 0 unspecified atom stereocenters. The SMILES string of the molecule is N#Cc1ccc2cnc(N)cc2c1.N#Cc1ccc2cnc(NC(=O)[C@H]3CN(C#N)CCO3)cc2c1.Nc1cc2cc(Br)ccc2cn1. The average Bonchev–Trinajstić information content (AvgIpc) is 3.11. The van der Waals surface area contributed by atoms with Crippen LogP contribution in [0.2, 0.25) is 0 Å². The molecule has 1 amide bonds. The predicted octanol–water partition coefficient (Wildman–Crippen LogP) is 5.50. The molecule has 3 aromatic carbocycles. The lowest BCUT2D eigenvalue weighted by Crippen LogP contribution is -2.46. The number of nitrogens with one attached hydrogen (secondary N) is 1. The lowest BCUT2D eigenvalue weighted by atomic mass is 10.1. The van der Waals surface area contributed by atoms with Gasteiger partial charge < -0.3 is 26.4 Å². The van der Waals surface area contributed by atoms with Gasteiger partial charge in [0.15, 0.2) is 12.3 Å². The van der Waals surface area contributed by atoms with Crippen LogP contribution < -0.4 is 16.8 Å². The minimum absolute atomic E-state index is 0.231. The van der Waals surface area contributed by atoms with Crippen LogP contribution in [0.5, 0.6) is 0 Å². The number of carbonyl (C=O) groups is 1. The Hall–Kier alpha value is -6.33. The number of benzene rings is 3. The monoisotopic (exact) mass is 698 g/mol. The van der Waals surface area contributed by atoms with Gasteiger partial charge in [-0.05, 0) is 70.8 Å². The summed E-state index contributed by atoms with van der Waals surface area (Å²) in [6, 6.07) is 26.2. The van der Waals surface area contributed by atoms with Crippen LogP contribution in [0.15, 0.2) is 95.9 Å². The van der Waals surface area contributed by atoms with Crippen molar-refractivity contribution in [1.82, 2.24) is 19.9 Å². The predicted molar refractivity (Wildman–Crippen MR) is 187 cm³/mol. The zero-order chi connectivity index (χ0) is 34.0. The van der Waals surface area contributed by atoms with Crippen molar-refractivity contribution in [3.05, 3.63) is 107 Å². The van der Waals surface area contributed by atoms with E-state index in [9.17, 15) is 4.79 Å². The van der Waals surface area contributed by atoms with E-state index in [0.29, 0.717) is 41.7 Å². The number of hydrogen-bond donors (Lipinski definition) is 3. The number of rotatable bonds is 2. The van der Waals surface area contributed by atoms with E-state index in [2.05, 4.69) is 48.3 Å². The molecule has 3 aromatic heterocycles. The van der Waals surface area contributed by atoms with Crippen LogP contribution in [0.25, 0.3) is 32.3 Å². The molecule has 0 bridgehead atoms. The van der Waals surface area contributed by atoms with Crippen molar-refractivity contribution < 1.29 is 9.53 Å². The number of aromatic nitrogens is 3. The number of pyridine rings is 3. The maximum atomic E-state index is 12.2. The third-order valence-corrected chi connectivity index (χ3v) is 7.67. The van der Waals surface area contributed by atoms with E-state index in [1.54, 1.807) is 55.0 Å². The van der Waals surface area contributed by atoms with E-state index < -0.39 is 6.10 Å². The molecule has 1 aliphatic rings. The van der Waals surface area contributed by atoms with Gasteiger partial charge in [0, 0.05) is 39.2 Å². The number of halogens is 1.